The van der Waals surface area contributed by atoms with Crippen molar-refractivity contribution < 1.29 is 0 Å². The van der Waals surface area contributed by atoms with Gasteiger partial charge in [-0.15, -0.1) is 0 Å². The predicted octanol–water partition coefficient (Wildman–Crippen LogP) is 2.71. The second-order valence-corrected chi connectivity index (χ2v) is 2.30. The summed E-state index contributed by atoms with van der Waals surface area (Å²) in [4.78, 5) is 7.72. The quantitative estimate of drug-likeness (QED) is 0.621. The van der Waals surface area contributed by atoms with Gasteiger partial charge >= 0.3 is 0 Å². The Morgan fingerprint density at radius 1 is 1.64 bits per heavy atom. The standard InChI is InChI=1S/C8H7ClN2/c1-3-7-8(10-2)6(9)4-5-11-7/h3-5H,1-2H2. The Balaban J connectivity index is 3.35. The minimum absolute atomic E-state index is 0.546. The molecule has 0 aromatic carbocycles. The SMILES string of the molecule is C=Cc1nccc(Cl)c1N=C. The van der Waals surface area contributed by atoms with Crippen molar-refractivity contribution in [3.63, 3.8) is 0 Å². The first-order valence-corrected chi connectivity index (χ1v) is 3.41. The molecule has 0 saturated carbocycles. The number of hydrogen-bond acceptors (Lipinski definition) is 2. The summed E-state index contributed by atoms with van der Waals surface area (Å²) in [6, 6.07) is 1.67. The maximum atomic E-state index is 5.79. The summed E-state index contributed by atoms with van der Waals surface area (Å²) in [5.41, 5.74) is 1.25. The van der Waals surface area contributed by atoms with Crippen LogP contribution < -0.4 is 0 Å². The lowest BCUT2D eigenvalue weighted by molar-refractivity contribution is 1.28. The third kappa shape index (κ3) is 1.46. The van der Waals surface area contributed by atoms with Crippen molar-refractivity contribution in [3.05, 3.63) is 29.6 Å². The summed E-state index contributed by atoms with van der Waals surface area (Å²) >= 11 is 5.79. The van der Waals surface area contributed by atoms with Crippen LogP contribution in [-0.2, 0) is 0 Å². The monoisotopic (exact) mass is 166 g/mol. The third-order valence-corrected chi connectivity index (χ3v) is 1.56. The van der Waals surface area contributed by atoms with E-state index in [4.69, 9.17) is 11.6 Å². The predicted molar refractivity (Wildman–Crippen MR) is 48.5 cm³/mol. The van der Waals surface area contributed by atoms with Crippen molar-refractivity contribution in [3.8, 4) is 0 Å². The molecule has 0 N–H and O–H groups in total. The van der Waals surface area contributed by atoms with Crippen LogP contribution >= 0.6 is 11.6 Å². The molecule has 0 atom stereocenters. The zero-order valence-corrected chi connectivity index (χ0v) is 6.67. The topological polar surface area (TPSA) is 25.2 Å². The average Bonchev–Trinajstić information content (AvgIpc) is 2.04. The second kappa shape index (κ2) is 3.30. The van der Waals surface area contributed by atoms with Gasteiger partial charge in [-0.2, -0.15) is 0 Å². The molecule has 1 aromatic heterocycles. The van der Waals surface area contributed by atoms with Crippen molar-refractivity contribution in [2.75, 3.05) is 0 Å². The first kappa shape index (κ1) is 7.95. The molecule has 1 heterocycles. The Morgan fingerprint density at radius 2 is 2.36 bits per heavy atom. The van der Waals surface area contributed by atoms with E-state index in [0.717, 1.165) is 0 Å². The van der Waals surface area contributed by atoms with Gasteiger partial charge in [-0.1, -0.05) is 18.2 Å². The van der Waals surface area contributed by atoms with E-state index in [2.05, 4.69) is 23.3 Å². The highest BCUT2D eigenvalue weighted by Crippen LogP contribution is 2.26. The van der Waals surface area contributed by atoms with Gasteiger partial charge in [0, 0.05) is 6.20 Å². The summed E-state index contributed by atoms with van der Waals surface area (Å²) in [5, 5.41) is 0.546. The minimum atomic E-state index is 0.546. The normalized spacial score (nSPS) is 9.18. The van der Waals surface area contributed by atoms with Gasteiger partial charge < -0.3 is 0 Å². The third-order valence-electron chi connectivity index (χ3n) is 1.25. The summed E-state index contributed by atoms with van der Waals surface area (Å²) < 4.78 is 0. The lowest BCUT2D eigenvalue weighted by atomic mass is 10.3. The largest absolute Gasteiger partial charge is 0.261 e. The van der Waals surface area contributed by atoms with Gasteiger partial charge in [0.25, 0.3) is 0 Å². The Bertz CT molecular complexity index is 294. The number of aliphatic imine (C=N–C) groups is 1. The van der Waals surface area contributed by atoms with Crippen molar-refractivity contribution in [1.29, 1.82) is 0 Å². The maximum Gasteiger partial charge on any atom is 0.106 e. The molecule has 0 aliphatic heterocycles. The van der Waals surface area contributed by atoms with E-state index in [9.17, 15) is 0 Å². The van der Waals surface area contributed by atoms with Gasteiger partial charge in [0.05, 0.1) is 10.7 Å². The average molecular weight is 167 g/mol. The first-order valence-electron chi connectivity index (χ1n) is 3.03. The fourth-order valence-corrected chi connectivity index (χ4v) is 0.964. The summed E-state index contributed by atoms with van der Waals surface area (Å²) in [7, 11) is 0. The highest BCUT2D eigenvalue weighted by atomic mass is 35.5. The van der Waals surface area contributed by atoms with Crippen molar-refractivity contribution in [2.45, 2.75) is 0 Å². The molecule has 1 aromatic rings. The summed E-state index contributed by atoms with van der Waals surface area (Å²) in [5.74, 6) is 0. The highest BCUT2D eigenvalue weighted by Gasteiger charge is 2.01. The van der Waals surface area contributed by atoms with Crippen LogP contribution in [-0.4, -0.2) is 11.7 Å². The lowest BCUT2D eigenvalue weighted by Gasteiger charge is -1.99. The van der Waals surface area contributed by atoms with Crippen LogP contribution in [0.15, 0.2) is 23.8 Å². The van der Waals surface area contributed by atoms with Crippen molar-refractivity contribution >= 4 is 30.1 Å². The molecule has 2 nitrogen and oxygen atoms in total. The van der Waals surface area contributed by atoms with Gasteiger partial charge in [0.1, 0.15) is 5.69 Å². The number of aromatic nitrogens is 1. The second-order valence-electron chi connectivity index (χ2n) is 1.89. The van der Waals surface area contributed by atoms with E-state index in [1.165, 1.54) is 0 Å². The molecule has 0 unspecified atom stereocenters. The zero-order valence-electron chi connectivity index (χ0n) is 5.92. The Labute approximate surface area is 70.3 Å². The molecule has 0 spiro atoms. The van der Waals surface area contributed by atoms with Gasteiger partial charge in [-0.25, -0.2) is 0 Å². The number of nitrogens with zero attached hydrogens (tertiary/aromatic N) is 2. The van der Waals surface area contributed by atoms with E-state index >= 15 is 0 Å². The van der Waals surface area contributed by atoms with Gasteiger partial charge in [-0.05, 0) is 18.9 Å². The highest BCUT2D eigenvalue weighted by molar-refractivity contribution is 6.33. The zero-order chi connectivity index (χ0) is 8.27. The molecule has 0 aliphatic carbocycles. The summed E-state index contributed by atoms with van der Waals surface area (Å²) in [6.07, 6.45) is 3.20. The molecular weight excluding hydrogens is 160 g/mol. The molecule has 11 heavy (non-hydrogen) atoms. The molecule has 0 amide bonds. The lowest BCUT2D eigenvalue weighted by Crippen LogP contribution is -1.80. The van der Waals surface area contributed by atoms with Crippen LogP contribution in [0.5, 0.6) is 0 Å². The maximum absolute atomic E-state index is 5.79. The molecule has 1 rings (SSSR count). The molecule has 3 heteroatoms. The number of halogens is 1. The van der Waals surface area contributed by atoms with Crippen LogP contribution in [0.2, 0.25) is 5.02 Å². The van der Waals surface area contributed by atoms with Crippen LogP contribution in [0.1, 0.15) is 5.69 Å². The molecule has 56 valence electrons. The van der Waals surface area contributed by atoms with E-state index < -0.39 is 0 Å². The number of hydrogen-bond donors (Lipinski definition) is 0. The Hall–Kier alpha value is -1.15. The molecule has 0 fully saturated rings. The first-order chi connectivity index (χ1) is 5.29. The summed E-state index contributed by atoms with van der Waals surface area (Å²) in [6.45, 7) is 6.95. The van der Waals surface area contributed by atoms with Crippen LogP contribution in [0.25, 0.3) is 6.08 Å². The smallest absolute Gasteiger partial charge is 0.106 e. The molecule has 0 aliphatic rings. The van der Waals surface area contributed by atoms with E-state index in [-0.39, 0.29) is 0 Å². The van der Waals surface area contributed by atoms with Crippen LogP contribution in [0.4, 0.5) is 5.69 Å². The fraction of sp³-hybridized carbons (Fsp3) is 0. The van der Waals surface area contributed by atoms with Crippen LogP contribution in [0, 0.1) is 0 Å². The molecule has 0 bridgehead atoms. The van der Waals surface area contributed by atoms with Gasteiger partial charge in [-0.3, -0.25) is 9.98 Å². The number of rotatable bonds is 2. The number of pyridine rings is 1. The van der Waals surface area contributed by atoms with Crippen molar-refractivity contribution in [2.24, 2.45) is 4.99 Å². The Kier molecular flexibility index (Phi) is 2.39. The minimum Gasteiger partial charge on any atom is -0.261 e. The van der Waals surface area contributed by atoms with Crippen LogP contribution in [0.3, 0.4) is 0 Å². The van der Waals surface area contributed by atoms with Crippen molar-refractivity contribution in [1.82, 2.24) is 4.98 Å². The van der Waals surface area contributed by atoms with E-state index in [1.54, 1.807) is 18.3 Å². The molecule has 0 saturated heterocycles. The Morgan fingerprint density at radius 3 is 2.82 bits per heavy atom. The van der Waals surface area contributed by atoms with Gasteiger partial charge in [0.15, 0.2) is 0 Å². The van der Waals surface area contributed by atoms with E-state index in [0.29, 0.717) is 16.4 Å². The molecule has 0 radical (unpaired) electrons. The van der Waals surface area contributed by atoms with E-state index in [1.807, 2.05) is 0 Å². The fourth-order valence-electron chi connectivity index (χ4n) is 0.751. The van der Waals surface area contributed by atoms with Gasteiger partial charge in [0.2, 0.25) is 0 Å². The molecular formula is C8H7ClN2.